The van der Waals surface area contributed by atoms with Gasteiger partial charge in [0.05, 0.1) is 6.54 Å². The normalized spacial score (nSPS) is 13.7. The lowest BCUT2D eigenvalue weighted by Gasteiger charge is -2.34. The van der Waals surface area contributed by atoms with Gasteiger partial charge in [0.15, 0.2) is 0 Å². The summed E-state index contributed by atoms with van der Waals surface area (Å²) in [4.78, 5) is 39.4. The van der Waals surface area contributed by atoms with Gasteiger partial charge in [-0.2, -0.15) is 0 Å². The third-order valence-electron chi connectivity index (χ3n) is 5.07. The minimum Gasteiger partial charge on any atom is -0.376 e. The topological polar surface area (TPSA) is 81.8 Å². The molecular weight excluding hydrogens is 387 g/mol. The van der Waals surface area contributed by atoms with Crippen molar-refractivity contribution in [2.75, 3.05) is 38.0 Å². The zero-order chi connectivity index (χ0) is 21.5. The van der Waals surface area contributed by atoms with Crippen LogP contribution in [0.1, 0.15) is 22.8 Å². The highest BCUT2D eigenvalue weighted by atomic mass is 19.1. The van der Waals surface area contributed by atoms with Crippen molar-refractivity contribution in [3.05, 3.63) is 65.5 Å². The van der Waals surface area contributed by atoms with E-state index in [1.807, 2.05) is 0 Å². The third kappa shape index (κ3) is 5.56. The number of piperazine rings is 1. The first kappa shape index (κ1) is 21.3. The van der Waals surface area contributed by atoms with Crippen LogP contribution in [0.3, 0.4) is 0 Å². The number of halogens is 1. The van der Waals surface area contributed by atoms with Crippen LogP contribution in [0.15, 0.2) is 48.5 Å². The number of rotatable bonds is 6. The van der Waals surface area contributed by atoms with Crippen LogP contribution < -0.4 is 10.6 Å². The molecular formula is C22H25FN4O3. The van der Waals surface area contributed by atoms with Gasteiger partial charge in [-0.15, -0.1) is 0 Å². The molecule has 2 N–H and O–H groups in total. The molecule has 0 aromatic heterocycles. The smallest absolute Gasteiger partial charge is 0.251 e. The van der Waals surface area contributed by atoms with Crippen LogP contribution in [0.5, 0.6) is 0 Å². The lowest BCUT2D eigenvalue weighted by molar-refractivity contribution is -0.137. The summed E-state index contributed by atoms with van der Waals surface area (Å²) >= 11 is 0. The van der Waals surface area contributed by atoms with Crippen LogP contribution in [-0.2, 0) is 16.1 Å². The Morgan fingerprint density at radius 3 is 2.20 bits per heavy atom. The van der Waals surface area contributed by atoms with Gasteiger partial charge in [-0.3, -0.25) is 14.4 Å². The predicted molar refractivity (Wildman–Crippen MR) is 111 cm³/mol. The molecule has 0 saturated carbocycles. The highest BCUT2D eigenvalue weighted by molar-refractivity contribution is 5.94. The summed E-state index contributed by atoms with van der Waals surface area (Å²) in [6.45, 7) is 3.94. The van der Waals surface area contributed by atoms with Crippen molar-refractivity contribution in [3.8, 4) is 0 Å². The summed E-state index contributed by atoms with van der Waals surface area (Å²) in [7, 11) is 0. The Balaban J connectivity index is 1.45. The molecule has 0 atom stereocenters. The highest BCUT2D eigenvalue weighted by Gasteiger charge is 2.21. The maximum atomic E-state index is 13.6. The molecule has 1 aliphatic rings. The molecule has 158 valence electrons. The lowest BCUT2D eigenvalue weighted by Crippen LogP contribution is -2.51. The Morgan fingerprint density at radius 1 is 0.933 bits per heavy atom. The van der Waals surface area contributed by atoms with E-state index in [1.165, 1.54) is 13.0 Å². The van der Waals surface area contributed by atoms with Gasteiger partial charge < -0.3 is 20.4 Å². The van der Waals surface area contributed by atoms with Crippen LogP contribution >= 0.6 is 0 Å². The second-order valence-electron chi connectivity index (χ2n) is 7.09. The summed E-state index contributed by atoms with van der Waals surface area (Å²) in [5.41, 5.74) is 1.59. The number of hydrogen-bond acceptors (Lipinski definition) is 4. The number of nitrogens with zero attached hydrogens (tertiary/aromatic N) is 2. The van der Waals surface area contributed by atoms with Crippen LogP contribution in [-0.4, -0.2) is 60.2 Å². The van der Waals surface area contributed by atoms with Crippen LogP contribution in [0.25, 0.3) is 0 Å². The standard InChI is InChI=1S/C22H25FN4O3/c1-16(28)26-10-12-27(13-11-26)21(29)15-24-19-8-6-17(7-9-19)22(30)25-14-18-4-2-3-5-20(18)23/h2-9,24H,10-15H2,1H3,(H,25,30). The predicted octanol–water partition coefficient (Wildman–Crippen LogP) is 1.86. The fourth-order valence-corrected chi connectivity index (χ4v) is 3.22. The summed E-state index contributed by atoms with van der Waals surface area (Å²) in [6.07, 6.45) is 0. The number of carbonyl (C=O) groups excluding carboxylic acids is 3. The van der Waals surface area contributed by atoms with Gasteiger partial charge in [0.2, 0.25) is 11.8 Å². The lowest BCUT2D eigenvalue weighted by atomic mass is 10.1. The Kier molecular flexibility index (Phi) is 7.00. The van der Waals surface area contributed by atoms with Crippen LogP contribution in [0.2, 0.25) is 0 Å². The van der Waals surface area contributed by atoms with Crippen molar-refractivity contribution in [2.24, 2.45) is 0 Å². The average Bonchev–Trinajstić information content (AvgIpc) is 2.77. The molecule has 2 aromatic rings. The maximum Gasteiger partial charge on any atom is 0.251 e. The van der Waals surface area contributed by atoms with Crippen molar-refractivity contribution in [1.29, 1.82) is 0 Å². The summed E-state index contributed by atoms with van der Waals surface area (Å²) < 4.78 is 13.6. The van der Waals surface area contributed by atoms with E-state index in [2.05, 4.69) is 10.6 Å². The molecule has 0 radical (unpaired) electrons. The van der Waals surface area contributed by atoms with E-state index >= 15 is 0 Å². The van der Waals surface area contributed by atoms with Crippen LogP contribution in [0.4, 0.5) is 10.1 Å². The average molecular weight is 412 g/mol. The fraction of sp³-hybridized carbons (Fsp3) is 0.318. The molecule has 1 saturated heterocycles. The first-order chi connectivity index (χ1) is 14.4. The molecule has 3 amide bonds. The maximum absolute atomic E-state index is 13.6. The Labute approximate surface area is 174 Å². The Bertz CT molecular complexity index is 909. The quantitative estimate of drug-likeness (QED) is 0.759. The number of anilines is 1. The molecule has 0 unspecified atom stereocenters. The molecule has 0 spiro atoms. The molecule has 1 heterocycles. The zero-order valence-electron chi connectivity index (χ0n) is 16.9. The van der Waals surface area contributed by atoms with Gasteiger partial charge in [-0.05, 0) is 30.3 Å². The van der Waals surface area contributed by atoms with Crippen LogP contribution in [0, 0.1) is 5.82 Å². The van der Waals surface area contributed by atoms with E-state index < -0.39 is 0 Å². The van der Waals surface area contributed by atoms with Gasteiger partial charge in [0.1, 0.15) is 5.82 Å². The second kappa shape index (κ2) is 9.87. The Morgan fingerprint density at radius 2 is 1.57 bits per heavy atom. The summed E-state index contributed by atoms with van der Waals surface area (Å²) in [6, 6.07) is 13.0. The van der Waals surface area contributed by atoms with Gasteiger partial charge in [-0.1, -0.05) is 18.2 Å². The number of amides is 3. The Hall–Kier alpha value is -3.42. The number of hydrogen-bond donors (Lipinski definition) is 2. The highest BCUT2D eigenvalue weighted by Crippen LogP contribution is 2.11. The van der Waals surface area contributed by atoms with Gasteiger partial charge in [-0.25, -0.2) is 4.39 Å². The van der Waals surface area contributed by atoms with Crippen molar-refractivity contribution in [1.82, 2.24) is 15.1 Å². The summed E-state index contributed by atoms with van der Waals surface area (Å²) in [5, 5.41) is 5.75. The van der Waals surface area contributed by atoms with E-state index in [0.29, 0.717) is 37.3 Å². The zero-order valence-corrected chi connectivity index (χ0v) is 16.9. The van der Waals surface area contributed by atoms with Gasteiger partial charge in [0.25, 0.3) is 5.91 Å². The minimum atomic E-state index is -0.357. The van der Waals surface area contributed by atoms with E-state index in [1.54, 1.807) is 52.3 Å². The molecule has 1 fully saturated rings. The van der Waals surface area contributed by atoms with E-state index in [9.17, 15) is 18.8 Å². The third-order valence-corrected chi connectivity index (χ3v) is 5.07. The van der Waals surface area contributed by atoms with Crippen molar-refractivity contribution in [2.45, 2.75) is 13.5 Å². The number of benzene rings is 2. The van der Waals surface area contributed by atoms with Crippen molar-refractivity contribution in [3.63, 3.8) is 0 Å². The minimum absolute atomic E-state index is 0.0262. The molecule has 8 heteroatoms. The molecule has 7 nitrogen and oxygen atoms in total. The van der Waals surface area contributed by atoms with Gasteiger partial charge in [0, 0.05) is 56.5 Å². The van der Waals surface area contributed by atoms with Crippen molar-refractivity contribution >= 4 is 23.4 Å². The van der Waals surface area contributed by atoms with Gasteiger partial charge >= 0.3 is 0 Å². The number of nitrogens with one attached hydrogen (secondary N) is 2. The summed E-state index contributed by atoms with van der Waals surface area (Å²) in [5.74, 6) is -0.669. The van der Waals surface area contributed by atoms with E-state index in [4.69, 9.17) is 0 Å². The first-order valence-corrected chi connectivity index (χ1v) is 9.83. The van der Waals surface area contributed by atoms with E-state index in [-0.39, 0.29) is 36.6 Å². The molecule has 0 aliphatic carbocycles. The second-order valence-corrected chi connectivity index (χ2v) is 7.09. The van der Waals surface area contributed by atoms with Crippen molar-refractivity contribution < 1.29 is 18.8 Å². The largest absolute Gasteiger partial charge is 0.376 e. The fourth-order valence-electron chi connectivity index (χ4n) is 3.22. The monoisotopic (exact) mass is 412 g/mol. The molecule has 30 heavy (non-hydrogen) atoms. The first-order valence-electron chi connectivity index (χ1n) is 9.83. The van der Waals surface area contributed by atoms with E-state index in [0.717, 1.165) is 5.69 Å². The molecule has 2 aromatic carbocycles. The SMILES string of the molecule is CC(=O)N1CCN(C(=O)CNc2ccc(C(=O)NCc3ccccc3F)cc2)CC1. The molecule has 1 aliphatic heterocycles. The molecule has 0 bridgehead atoms. The molecule has 3 rings (SSSR count). The number of carbonyl (C=O) groups is 3.